The number of nitrogens with one attached hydrogen (secondary N) is 2. The predicted octanol–water partition coefficient (Wildman–Crippen LogP) is 1.11. The van der Waals surface area contributed by atoms with Gasteiger partial charge >= 0.3 is 6.09 Å². The molecular weight excluding hydrogens is 516 g/mol. The van der Waals surface area contributed by atoms with Crippen LogP contribution in [0.1, 0.15) is 29.6 Å². The summed E-state index contributed by atoms with van der Waals surface area (Å²) >= 11 is 0. The van der Waals surface area contributed by atoms with Crippen molar-refractivity contribution in [2.24, 2.45) is 0 Å². The minimum atomic E-state index is -1.00. The van der Waals surface area contributed by atoms with Crippen molar-refractivity contribution in [2.75, 3.05) is 44.3 Å². The molecule has 208 valence electrons. The van der Waals surface area contributed by atoms with Crippen LogP contribution in [0.4, 0.5) is 10.5 Å². The molecule has 0 bridgehead atoms. The van der Waals surface area contributed by atoms with Crippen molar-refractivity contribution >= 4 is 40.5 Å². The first-order valence-corrected chi connectivity index (χ1v) is 13.3. The quantitative estimate of drug-likeness (QED) is 0.430. The van der Waals surface area contributed by atoms with Crippen LogP contribution in [0.25, 0.3) is 11.0 Å². The number of nitrogens with zero attached hydrogens (tertiary/aromatic N) is 6. The number of rotatable bonds is 5. The van der Waals surface area contributed by atoms with Crippen molar-refractivity contribution in [1.82, 2.24) is 35.2 Å². The molecule has 13 heteroatoms. The van der Waals surface area contributed by atoms with Crippen LogP contribution in [0.2, 0.25) is 0 Å². The van der Waals surface area contributed by atoms with Crippen molar-refractivity contribution in [1.29, 1.82) is 0 Å². The summed E-state index contributed by atoms with van der Waals surface area (Å²) in [5, 5.41) is 19.6. The number of hydrogen-bond acceptors (Lipinski definition) is 7. The predicted molar refractivity (Wildman–Crippen MR) is 143 cm³/mol. The lowest BCUT2D eigenvalue weighted by atomic mass is 9.85. The van der Waals surface area contributed by atoms with Gasteiger partial charge in [0.2, 0.25) is 5.91 Å². The maximum Gasteiger partial charge on any atom is 0.407 e. The Morgan fingerprint density at radius 2 is 1.85 bits per heavy atom. The van der Waals surface area contributed by atoms with Crippen LogP contribution in [0.3, 0.4) is 0 Å². The van der Waals surface area contributed by atoms with Gasteiger partial charge in [0, 0.05) is 49.5 Å². The van der Waals surface area contributed by atoms with Crippen LogP contribution in [0.15, 0.2) is 48.8 Å². The molecule has 3 fully saturated rings. The fraction of sp³-hybridized carbons (Fsp3) is 0.407. The van der Waals surface area contributed by atoms with Crippen molar-refractivity contribution in [3.63, 3.8) is 0 Å². The monoisotopic (exact) mass is 546 g/mol. The summed E-state index contributed by atoms with van der Waals surface area (Å²) in [7, 11) is 0. The molecule has 40 heavy (non-hydrogen) atoms. The number of fused-ring (bicyclic) bond motifs is 1. The highest BCUT2D eigenvalue weighted by Gasteiger charge is 2.54. The minimum Gasteiger partial charge on any atom is -0.465 e. The number of pyridine rings is 1. The van der Waals surface area contributed by atoms with Gasteiger partial charge < -0.3 is 30.0 Å². The maximum absolute atomic E-state index is 13.9. The molecular formula is C27H30N8O5. The third-order valence-corrected chi connectivity index (χ3v) is 8.16. The molecule has 4 amide bonds. The van der Waals surface area contributed by atoms with E-state index in [0.717, 1.165) is 11.1 Å². The molecule has 3 aromatic rings. The second kappa shape index (κ2) is 10.1. The number of carbonyl (C=O) groups excluding carboxylic acids is 3. The highest BCUT2D eigenvalue weighted by molar-refractivity contribution is 5.98. The van der Waals surface area contributed by atoms with Gasteiger partial charge in [0.05, 0.1) is 18.4 Å². The number of aromatic nitrogens is 3. The Hall–Kier alpha value is -4.68. The fourth-order valence-corrected chi connectivity index (χ4v) is 6.04. The van der Waals surface area contributed by atoms with Crippen LogP contribution in [-0.2, 0) is 9.59 Å². The van der Waals surface area contributed by atoms with Gasteiger partial charge in [0.1, 0.15) is 12.1 Å². The lowest BCUT2D eigenvalue weighted by Gasteiger charge is -2.43. The average molecular weight is 547 g/mol. The van der Waals surface area contributed by atoms with Crippen LogP contribution >= 0.6 is 0 Å². The number of H-pyrrole nitrogens is 1. The molecule has 2 aromatic heterocycles. The van der Waals surface area contributed by atoms with E-state index in [2.05, 4.69) is 20.5 Å². The molecule has 1 atom stereocenters. The number of carbonyl (C=O) groups is 4. The summed E-state index contributed by atoms with van der Waals surface area (Å²) < 4.78 is 0. The number of carboxylic acid groups (broad SMARTS) is 1. The van der Waals surface area contributed by atoms with Crippen molar-refractivity contribution in [3.05, 3.63) is 54.4 Å². The van der Waals surface area contributed by atoms with Crippen LogP contribution in [0, 0.1) is 0 Å². The van der Waals surface area contributed by atoms with Gasteiger partial charge in [-0.25, -0.2) is 9.78 Å². The van der Waals surface area contributed by atoms with E-state index in [9.17, 15) is 24.3 Å². The maximum atomic E-state index is 13.9. The second-order valence-corrected chi connectivity index (χ2v) is 10.5. The normalized spacial score (nSPS) is 20.5. The van der Waals surface area contributed by atoms with Crippen LogP contribution in [-0.4, -0.2) is 110 Å². The number of anilines is 1. The largest absolute Gasteiger partial charge is 0.465 e. The summed E-state index contributed by atoms with van der Waals surface area (Å²) in [5.74, 6) is -0.602. The molecule has 13 nitrogen and oxygen atoms in total. The van der Waals surface area contributed by atoms with Crippen LogP contribution < -0.4 is 10.2 Å². The molecule has 1 aromatic carbocycles. The highest BCUT2D eigenvalue weighted by Crippen LogP contribution is 2.39. The zero-order valence-electron chi connectivity index (χ0n) is 21.8. The van der Waals surface area contributed by atoms with E-state index in [1.54, 1.807) is 22.1 Å². The fourth-order valence-electron chi connectivity index (χ4n) is 6.04. The van der Waals surface area contributed by atoms with Gasteiger partial charge in [0.25, 0.3) is 11.8 Å². The third-order valence-electron chi connectivity index (χ3n) is 8.16. The molecule has 6 rings (SSSR count). The lowest BCUT2D eigenvalue weighted by Crippen LogP contribution is -2.57. The second-order valence-electron chi connectivity index (χ2n) is 10.5. The SMILES string of the molecule is O=C(CN1CN(c2ccccc2)C2(CCN(C(=O)c3cnc4[nH]ncc4c3)CC2)C1=O)N[C@@H]1CCN(C(=O)O)C1. The number of aromatic amines is 1. The van der Waals surface area contributed by atoms with E-state index >= 15 is 0 Å². The van der Waals surface area contributed by atoms with Gasteiger partial charge in [0.15, 0.2) is 5.65 Å². The number of piperidine rings is 1. The average Bonchev–Trinajstić information content (AvgIpc) is 3.69. The first-order chi connectivity index (χ1) is 19.3. The number of likely N-dealkylation sites (tertiary alicyclic amines) is 2. The summed E-state index contributed by atoms with van der Waals surface area (Å²) in [6.07, 6.45) is 3.53. The lowest BCUT2D eigenvalue weighted by molar-refractivity contribution is -0.137. The Kier molecular flexibility index (Phi) is 6.48. The highest BCUT2D eigenvalue weighted by atomic mass is 16.4. The zero-order valence-corrected chi connectivity index (χ0v) is 21.8. The molecule has 0 saturated carbocycles. The Morgan fingerprint density at radius 3 is 2.58 bits per heavy atom. The standard InChI is InChI=1S/C27H30N8O5/c36-22(30-20-6-9-33(15-20)26(39)40)16-34-17-35(21-4-2-1-3-5-21)27(25(34)38)7-10-32(11-8-27)24(37)19-12-18-14-29-31-23(18)28-13-19/h1-5,12-14,20H,6-11,15-17H2,(H,30,36)(H,39,40)(H,28,29,31)/t20-/m1/s1. The molecule has 3 saturated heterocycles. The smallest absolute Gasteiger partial charge is 0.407 e. The summed E-state index contributed by atoms with van der Waals surface area (Å²) in [6, 6.07) is 11.1. The van der Waals surface area contributed by atoms with Crippen molar-refractivity contribution < 1.29 is 24.3 Å². The Labute approximate surface area is 229 Å². The summed E-state index contributed by atoms with van der Waals surface area (Å²) in [6.45, 7) is 1.50. The summed E-state index contributed by atoms with van der Waals surface area (Å²) in [5.41, 5.74) is 1.08. The van der Waals surface area contributed by atoms with E-state index in [-0.39, 0.29) is 43.5 Å². The number of hydrogen-bond donors (Lipinski definition) is 3. The number of para-hydroxylation sites is 1. The van der Waals surface area contributed by atoms with Gasteiger partial charge in [-0.05, 0) is 37.5 Å². The van der Waals surface area contributed by atoms with E-state index in [1.807, 2.05) is 35.2 Å². The van der Waals surface area contributed by atoms with E-state index in [1.165, 1.54) is 11.1 Å². The number of amides is 4. The van der Waals surface area contributed by atoms with E-state index in [4.69, 9.17) is 0 Å². The number of benzene rings is 1. The third kappa shape index (κ3) is 4.56. The minimum absolute atomic E-state index is 0.119. The molecule has 3 aliphatic heterocycles. The van der Waals surface area contributed by atoms with E-state index in [0.29, 0.717) is 50.1 Å². The Balaban J connectivity index is 1.16. The topological polar surface area (TPSA) is 155 Å². The first kappa shape index (κ1) is 25.6. The summed E-state index contributed by atoms with van der Waals surface area (Å²) in [4.78, 5) is 62.2. The van der Waals surface area contributed by atoms with Crippen molar-refractivity contribution in [3.8, 4) is 0 Å². The molecule has 0 radical (unpaired) electrons. The van der Waals surface area contributed by atoms with E-state index < -0.39 is 11.6 Å². The Morgan fingerprint density at radius 1 is 1.07 bits per heavy atom. The molecule has 1 spiro atoms. The van der Waals surface area contributed by atoms with Gasteiger partial charge in [-0.2, -0.15) is 5.10 Å². The molecule has 3 aliphatic rings. The molecule has 5 heterocycles. The molecule has 0 unspecified atom stereocenters. The van der Waals surface area contributed by atoms with Crippen molar-refractivity contribution in [2.45, 2.75) is 30.8 Å². The Bertz CT molecular complexity index is 1450. The van der Waals surface area contributed by atoms with Gasteiger partial charge in [-0.1, -0.05) is 18.2 Å². The zero-order chi connectivity index (χ0) is 27.9. The first-order valence-electron chi connectivity index (χ1n) is 13.3. The van der Waals surface area contributed by atoms with Crippen LogP contribution in [0.5, 0.6) is 0 Å². The van der Waals surface area contributed by atoms with Gasteiger partial charge in [-0.15, -0.1) is 0 Å². The van der Waals surface area contributed by atoms with Gasteiger partial charge in [-0.3, -0.25) is 19.5 Å². The molecule has 0 aliphatic carbocycles. The molecule has 3 N–H and O–H groups in total.